The van der Waals surface area contributed by atoms with Gasteiger partial charge in [0.2, 0.25) is 5.91 Å². The lowest BCUT2D eigenvalue weighted by Crippen LogP contribution is -2.28. The van der Waals surface area contributed by atoms with Crippen LogP contribution in [0.15, 0.2) is 24.3 Å². The van der Waals surface area contributed by atoms with Crippen molar-refractivity contribution in [2.75, 3.05) is 18.4 Å². The van der Waals surface area contributed by atoms with Gasteiger partial charge in [0.15, 0.2) is 0 Å². The molecular formula is C17H22Cl2N4O. The quantitative estimate of drug-likeness (QED) is 0.837. The number of nitrogens with one attached hydrogen (secondary N) is 2. The van der Waals surface area contributed by atoms with Crippen LogP contribution in [-0.2, 0) is 10.2 Å². The van der Waals surface area contributed by atoms with E-state index in [-0.39, 0.29) is 17.9 Å². The molecule has 0 aliphatic carbocycles. The van der Waals surface area contributed by atoms with Gasteiger partial charge in [-0.05, 0) is 24.7 Å². The maximum Gasteiger partial charge on any atom is 0.239 e. The largest absolute Gasteiger partial charge is 0.309 e. The Morgan fingerprint density at radius 3 is 2.50 bits per heavy atom. The molecule has 0 unspecified atom stereocenters. The molecule has 1 amide bonds. The van der Waals surface area contributed by atoms with E-state index in [4.69, 9.17) is 23.2 Å². The first-order valence-electron chi connectivity index (χ1n) is 7.79. The van der Waals surface area contributed by atoms with Crippen molar-refractivity contribution in [1.82, 2.24) is 15.1 Å². The normalized spacial score (nSPS) is 11.6. The molecule has 0 saturated heterocycles. The van der Waals surface area contributed by atoms with Crippen molar-refractivity contribution in [3.05, 3.63) is 40.0 Å². The molecule has 1 heterocycles. The van der Waals surface area contributed by atoms with Crippen molar-refractivity contribution in [2.45, 2.75) is 33.1 Å². The second-order valence-electron chi connectivity index (χ2n) is 6.50. The third kappa shape index (κ3) is 4.50. The van der Waals surface area contributed by atoms with E-state index < -0.39 is 0 Å². The molecule has 0 bridgehead atoms. The fraction of sp³-hybridized carbons (Fsp3) is 0.412. The first kappa shape index (κ1) is 18.8. The zero-order valence-corrected chi connectivity index (χ0v) is 15.8. The van der Waals surface area contributed by atoms with Crippen LogP contribution in [0.25, 0.3) is 5.69 Å². The maximum absolute atomic E-state index is 12.1. The molecule has 7 heteroatoms. The minimum atomic E-state index is -0.150. The number of likely N-dealkylation sites (N-methyl/N-ethyl adjacent to an activating group) is 1. The molecule has 0 radical (unpaired) electrons. The number of hydrogen-bond donors (Lipinski definition) is 2. The standard InChI is InChI=1S/C17H22Cl2N4O/c1-5-20-10-16(24)21-15-9-14(17(2,3)4)22-23(15)11-6-7-12(18)13(19)8-11/h6-9,20H,5,10H2,1-4H3,(H,21,24). The fourth-order valence-corrected chi connectivity index (χ4v) is 2.37. The van der Waals surface area contributed by atoms with Crippen LogP contribution in [0.4, 0.5) is 5.82 Å². The highest BCUT2D eigenvalue weighted by Crippen LogP contribution is 2.29. The summed E-state index contributed by atoms with van der Waals surface area (Å²) in [5.74, 6) is 0.472. The molecule has 2 rings (SSSR count). The molecule has 0 aliphatic rings. The molecule has 130 valence electrons. The SMILES string of the molecule is CCNCC(=O)Nc1cc(C(C)(C)C)nn1-c1ccc(Cl)c(Cl)c1. The van der Waals surface area contributed by atoms with Crippen molar-refractivity contribution >= 4 is 34.9 Å². The minimum Gasteiger partial charge on any atom is -0.309 e. The van der Waals surface area contributed by atoms with Crippen molar-refractivity contribution in [2.24, 2.45) is 0 Å². The van der Waals surface area contributed by atoms with Gasteiger partial charge in [0.05, 0.1) is 28.0 Å². The number of hydrogen-bond acceptors (Lipinski definition) is 3. The highest BCUT2D eigenvalue weighted by atomic mass is 35.5. The summed E-state index contributed by atoms with van der Waals surface area (Å²) in [5, 5.41) is 11.4. The van der Waals surface area contributed by atoms with Crippen LogP contribution in [0.2, 0.25) is 10.0 Å². The second kappa shape index (κ2) is 7.55. The van der Waals surface area contributed by atoms with Crippen molar-refractivity contribution < 1.29 is 4.79 Å². The van der Waals surface area contributed by atoms with Crippen LogP contribution in [-0.4, -0.2) is 28.8 Å². The van der Waals surface area contributed by atoms with Gasteiger partial charge in [-0.3, -0.25) is 4.79 Å². The number of carbonyl (C=O) groups excluding carboxylic acids is 1. The van der Waals surface area contributed by atoms with Gasteiger partial charge in [0, 0.05) is 11.5 Å². The fourth-order valence-electron chi connectivity index (χ4n) is 2.08. The lowest BCUT2D eigenvalue weighted by atomic mass is 9.92. The monoisotopic (exact) mass is 368 g/mol. The predicted octanol–water partition coefficient (Wildman–Crippen LogP) is 4.02. The third-order valence-electron chi connectivity index (χ3n) is 3.43. The molecule has 0 aliphatic heterocycles. The number of anilines is 1. The number of nitrogens with zero attached hydrogens (tertiary/aromatic N) is 2. The molecule has 0 fully saturated rings. The average Bonchev–Trinajstić information content (AvgIpc) is 2.92. The van der Waals surface area contributed by atoms with Crippen LogP contribution in [0.1, 0.15) is 33.4 Å². The summed E-state index contributed by atoms with van der Waals surface area (Å²) in [5.41, 5.74) is 1.45. The molecule has 0 atom stereocenters. The Hall–Kier alpha value is -1.56. The van der Waals surface area contributed by atoms with E-state index in [2.05, 4.69) is 36.5 Å². The average molecular weight is 369 g/mol. The van der Waals surface area contributed by atoms with E-state index in [1.165, 1.54) is 0 Å². The van der Waals surface area contributed by atoms with Gasteiger partial charge in [-0.2, -0.15) is 5.10 Å². The van der Waals surface area contributed by atoms with E-state index >= 15 is 0 Å². The number of benzene rings is 1. The van der Waals surface area contributed by atoms with Gasteiger partial charge < -0.3 is 10.6 Å². The zero-order valence-electron chi connectivity index (χ0n) is 14.3. The van der Waals surface area contributed by atoms with Gasteiger partial charge in [-0.1, -0.05) is 50.9 Å². The molecule has 1 aromatic carbocycles. The van der Waals surface area contributed by atoms with Crippen LogP contribution >= 0.6 is 23.2 Å². The van der Waals surface area contributed by atoms with E-state index in [0.29, 0.717) is 15.9 Å². The van der Waals surface area contributed by atoms with E-state index in [1.807, 2.05) is 19.1 Å². The first-order valence-corrected chi connectivity index (χ1v) is 8.54. The van der Waals surface area contributed by atoms with Gasteiger partial charge in [0.25, 0.3) is 0 Å². The van der Waals surface area contributed by atoms with E-state index in [9.17, 15) is 4.79 Å². The Morgan fingerprint density at radius 1 is 1.21 bits per heavy atom. The molecule has 2 N–H and O–H groups in total. The smallest absolute Gasteiger partial charge is 0.239 e. The maximum atomic E-state index is 12.1. The summed E-state index contributed by atoms with van der Waals surface area (Å²) in [6.45, 7) is 9.13. The molecule has 24 heavy (non-hydrogen) atoms. The van der Waals surface area contributed by atoms with Crippen LogP contribution in [0.3, 0.4) is 0 Å². The summed E-state index contributed by atoms with van der Waals surface area (Å²) >= 11 is 12.1. The van der Waals surface area contributed by atoms with Crippen LogP contribution in [0, 0.1) is 0 Å². The van der Waals surface area contributed by atoms with Crippen molar-refractivity contribution in [3.8, 4) is 5.69 Å². The summed E-state index contributed by atoms with van der Waals surface area (Å²) in [4.78, 5) is 12.1. The Bertz CT molecular complexity index is 735. The van der Waals surface area contributed by atoms with Crippen LogP contribution in [0.5, 0.6) is 0 Å². The number of rotatable bonds is 5. The molecule has 5 nitrogen and oxygen atoms in total. The van der Waals surface area contributed by atoms with Gasteiger partial charge >= 0.3 is 0 Å². The minimum absolute atomic E-state index is 0.126. The van der Waals surface area contributed by atoms with Crippen LogP contribution < -0.4 is 10.6 Å². The molecule has 2 aromatic rings. The van der Waals surface area contributed by atoms with Gasteiger partial charge in [0.1, 0.15) is 5.82 Å². The van der Waals surface area contributed by atoms with E-state index in [0.717, 1.165) is 17.9 Å². The van der Waals surface area contributed by atoms with Gasteiger partial charge in [-0.25, -0.2) is 4.68 Å². The topological polar surface area (TPSA) is 59.0 Å². The van der Waals surface area contributed by atoms with Crippen molar-refractivity contribution in [1.29, 1.82) is 0 Å². The number of carbonyl (C=O) groups is 1. The summed E-state index contributed by atoms with van der Waals surface area (Å²) in [6.07, 6.45) is 0. The number of amides is 1. The Morgan fingerprint density at radius 2 is 1.92 bits per heavy atom. The van der Waals surface area contributed by atoms with Crippen molar-refractivity contribution in [3.63, 3.8) is 0 Å². The third-order valence-corrected chi connectivity index (χ3v) is 4.17. The molecular weight excluding hydrogens is 347 g/mol. The number of halogens is 2. The summed E-state index contributed by atoms with van der Waals surface area (Å²) in [6, 6.07) is 7.13. The predicted molar refractivity (Wildman–Crippen MR) is 99.5 cm³/mol. The van der Waals surface area contributed by atoms with Gasteiger partial charge in [-0.15, -0.1) is 0 Å². The first-order chi connectivity index (χ1) is 11.2. The molecule has 1 aromatic heterocycles. The highest BCUT2D eigenvalue weighted by Gasteiger charge is 2.21. The Balaban J connectivity index is 2.42. The molecule has 0 spiro atoms. The molecule has 0 saturated carbocycles. The lowest BCUT2D eigenvalue weighted by Gasteiger charge is -2.14. The highest BCUT2D eigenvalue weighted by molar-refractivity contribution is 6.42. The zero-order chi connectivity index (χ0) is 17.9. The van der Waals surface area contributed by atoms with E-state index in [1.54, 1.807) is 16.8 Å². The lowest BCUT2D eigenvalue weighted by molar-refractivity contribution is -0.115. The Labute approximate surface area is 152 Å². The number of aromatic nitrogens is 2. The summed E-state index contributed by atoms with van der Waals surface area (Å²) < 4.78 is 1.67. The Kier molecular flexibility index (Phi) is 5.91. The second-order valence-corrected chi connectivity index (χ2v) is 7.32. The summed E-state index contributed by atoms with van der Waals surface area (Å²) in [7, 11) is 0.